The van der Waals surface area contributed by atoms with Crippen molar-refractivity contribution in [2.24, 2.45) is 5.92 Å². The number of nitrogens with zero attached hydrogens (tertiary/aromatic N) is 2. The van der Waals surface area contributed by atoms with Crippen LogP contribution in [0.2, 0.25) is 0 Å². The number of likely N-dealkylation sites (tertiary alicyclic amines) is 1. The van der Waals surface area contributed by atoms with Gasteiger partial charge in [0.15, 0.2) is 5.58 Å². The van der Waals surface area contributed by atoms with E-state index in [1.54, 1.807) is 0 Å². The lowest BCUT2D eigenvalue weighted by molar-refractivity contribution is -0.108. The van der Waals surface area contributed by atoms with E-state index in [4.69, 9.17) is 4.52 Å². The number of piperidine rings is 1. The van der Waals surface area contributed by atoms with Gasteiger partial charge in [-0.05, 0) is 74.4 Å². The Morgan fingerprint density at radius 3 is 2.77 bits per heavy atom. The van der Waals surface area contributed by atoms with Crippen molar-refractivity contribution >= 4 is 22.9 Å². The smallest absolute Gasteiger partial charge is 0.167 e. The minimum Gasteiger partial charge on any atom is -0.375 e. The van der Waals surface area contributed by atoms with E-state index in [1.807, 2.05) is 6.07 Å². The Kier molecular flexibility index (Phi) is 5.54. The summed E-state index contributed by atoms with van der Waals surface area (Å²) in [4.78, 5) is 13.7. The molecule has 3 aromatic rings. The molecule has 1 N–H and O–H groups in total. The molecule has 1 fully saturated rings. The summed E-state index contributed by atoms with van der Waals surface area (Å²) < 4.78 is 5.60. The third kappa shape index (κ3) is 4.12. The molecule has 1 atom stereocenters. The Balaban J connectivity index is 1.13. The number of carbonyl (C=O) groups is 1. The summed E-state index contributed by atoms with van der Waals surface area (Å²) in [6.07, 6.45) is 7.50. The van der Waals surface area contributed by atoms with Crippen molar-refractivity contribution in [3.63, 3.8) is 0 Å². The first-order valence-corrected chi connectivity index (χ1v) is 11.2. The molecule has 0 saturated carbocycles. The van der Waals surface area contributed by atoms with Crippen molar-refractivity contribution in [2.75, 3.05) is 25.0 Å². The van der Waals surface area contributed by atoms with Gasteiger partial charge >= 0.3 is 0 Å². The van der Waals surface area contributed by atoms with Crippen LogP contribution in [0.4, 0.5) is 5.69 Å². The van der Waals surface area contributed by atoms with Crippen LogP contribution in [-0.2, 0) is 24.1 Å². The SMILES string of the molecule is O=CC1Cc2cc3onc(CCC4CCN(CCc5ccccc5)CC4)c3cc2N1. The molecule has 2 aliphatic rings. The normalized spacial score (nSPS) is 19.7. The molecule has 30 heavy (non-hydrogen) atoms. The van der Waals surface area contributed by atoms with E-state index in [9.17, 15) is 4.79 Å². The van der Waals surface area contributed by atoms with Gasteiger partial charge < -0.3 is 19.5 Å². The van der Waals surface area contributed by atoms with Crippen LogP contribution in [0.3, 0.4) is 0 Å². The molecule has 3 heterocycles. The highest BCUT2D eigenvalue weighted by Gasteiger charge is 2.23. The lowest BCUT2D eigenvalue weighted by atomic mass is 9.91. The number of benzene rings is 2. The van der Waals surface area contributed by atoms with Gasteiger partial charge in [0.2, 0.25) is 0 Å². The first-order valence-electron chi connectivity index (χ1n) is 11.2. The van der Waals surface area contributed by atoms with Gasteiger partial charge in [0.1, 0.15) is 6.29 Å². The van der Waals surface area contributed by atoms with Gasteiger partial charge in [-0.15, -0.1) is 0 Å². The predicted octanol–water partition coefficient (Wildman–Crippen LogP) is 4.25. The largest absolute Gasteiger partial charge is 0.375 e. The van der Waals surface area contributed by atoms with E-state index in [2.05, 4.69) is 51.8 Å². The number of hydrogen-bond acceptors (Lipinski definition) is 5. The Morgan fingerprint density at radius 1 is 1.13 bits per heavy atom. The Bertz CT molecular complexity index is 1010. The zero-order valence-electron chi connectivity index (χ0n) is 17.3. The number of fused-ring (bicyclic) bond motifs is 2. The highest BCUT2D eigenvalue weighted by Crippen LogP contribution is 2.33. The highest BCUT2D eigenvalue weighted by atomic mass is 16.5. The van der Waals surface area contributed by atoms with Crippen LogP contribution in [0.25, 0.3) is 11.0 Å². The molecule has 0 bridgehead atoms. The molecule has 2 aliphatic heterocycles. The molecule has 1 unspecified atom stereocenters. The van der Waals surface area contributed by atoms with Gasteiger partial charge in [-0.25, -0.2) is 0 Å². The molecular weight excluding hydrogens is 374 g/mol. The molecule has 1 saturated heterocycles. The van der Waals surface area contributed by atoms with Crippen molar-refractivity contribution in [1.82, 2.24) is 10.1 Å². The summed E-state index contributed by atoms with van der Waals surface area (Å²) in [5.41, 5.74) is 5.52. The molecule has 0 amide bonds. The van der Waals surface area contributed by atoms with Gasteiger partial charge in [0.05, 0.1) is 11.7 Å². The van der Waals surface area contributed by atoms with Gasteiger partial charge in [0.25, 0.3) is 0 Å². The van der Waals surface area contributed by atoms with Crippen molar-refractivity contribution in [1.29, 1.82) is 0 Å². The maximum Gasteiger partial charge on any atom is 0.167 e. The number of hydrogen-bond donors (Lipinski definition) is 1. The van der Waals surface area contributed by atoms with E-state index in [-0.39, 0.29) is 6.04 Å². The number of nitrogens with one attached hydrogen (secondary N) is 1. The van der Waals surface area contributed by atoms with Gasteiger partial charge in [-0.3, -0.25) is 0 Å². The molecule has 5 heteroatoms. The summed E-state index contributed by atoms with van der Waals surface area (Å²) in [6, 6.07) is 14.8. The van der Waals surface area contributed by atoms with Crippen molar-refractivity contribution in [2.45, 2.75) is 44.6 Å². The molecule has 0 aliphatic carbocycles. The van der Waals surface area contributed by atoms with Crippen LogP contribution in [0.1, 0.15) is 36.1 Å². The fourth-order valence-corrected chi connectivity index (χ4v) is 4.90. The summed E-state index contributed by atoms with van der Waals surface area (Å²) in [5, 5.41) is 8.73. The standard InChI is InChI=1S/C25H29N3O2/c29-17-21-14-20-15-25-22(16-24(20)26-21)23(27-30-25)7-6-19-9-12-28(13-10-19)11-8-18-4-2-1-3-5-18/h1-5,15-17,19,21,26H,6-14H2. The van der Waals surface area contributed by atoms with Crippen LogP contribution >= 0.6 is 0 Å². The fraction of sp³-hybridized carbons (Fsp3) is 0.440. The van der Waals surface area contributed by atoms with Crippen LogP contribution in [0.15, 0.2) is 47.0 Å². The average molecular weight is 404 g/mol. The minimum atomic E-state index is -0.116. The van der Waals surface area contributed by atoms with Crippen LogP contribution in [-0.4, -0.2) is 42.0 Å². The number of anilines is 1. The number of aryl methyl sites for hydroxylation is 1. The number of aromatic nitrogens is 1. The second-order valence-electron chi connectivity index (χ2n) is 8.79. The topological polar surface area (TPSA) is 58.4 Å². The van der Waals surface area contributed by atoms with Crippen LogP contribution in [0.5, 0.6) is 0 Å². The maximum absolute atomic E-state index is 11.1. The Hall–Kier alpha value is -2.66. The van der Waals surface area contributed by atoms with E-state index in [1.165, 1.54) is 31.5 Å². The van der Waals surface area contributed by atoms with Crippen LogP contribution < -0.4 is 5.32 Å². The summed E-state index contributed by atoms with van der Waals surface area (Å²) in [7, 11) is 0. The summed E-state index contributed by atoms with van der Waals surface area (Å²) >= 11 is 0. The third-order valence-corrected chi connectivity index (χ3v) is 6.77. The molecule has 5 nitrogen and oxygen atoms in total. The molecule has 156 valence electrons. The van der Waals surface area contributed by atoms with Gasteiger partial charge in [-0.1, -0.05) is 35.5 Å². The lowest BCUT2D eigenvalue weighted by Crippen LogP contribution is -2.35. The monoisotopic (exact) mass is 403 g/mol. The van der Waals surface area contributed by atoms with E-state index in [0.29, 0.717) is 0 Å². The van der Waals surface area contributed by atoms with E-state index in [0.717, 1.165) is 72.3 Å². The first kappa shape index (κ1) is 19.3. The number of carbonyl (C=O) groups excluding carboxylic acids is 1. The molecule has 0 spiro atoms. The van der Waals surface area contributed by atoms with Gasteiger partial charge in [-0.2, -0.15) is 0 Å². The maximum atomic E-state index is 11.1. The molecule has 2 aromatic carbocycles. The van der Waals surface area contributed by atoms with Crippen LogP contribution in [0, 0.1) is 5.92 Å². The zero-order chi connectivity index (χ0) is 20.3. The second-order valence-corrected chi connectivity index (χ2v) is 8.79. The van der Waals surface area contributed by atoms with Gasteiger partial charge in [0, 0.05) is 24.0 Å². The molecule has 0 radical (unpaired) electrons. The Morgan fingerprint density at radius 2 is 1.97 bits per heavy atom. The molecular formula is C25H29N3O2. The van der Waals surface area contributed by atoms with Crippen molar-refractivity contribution < 1.29 is 9.32 Å². The molecule has 1 aromatic heterocycles. The minimum absolute atomic E-state index is 0.116. The lowest BCUT2D eigenvalue weighted by Gasteiger charge is -2.31. The highest BCUT2D eigenvalue weighted by molar-refractivity contribution is 5.87. The number of rotatable bonds is 7. The van der Waals surface area contributed by atoms with Crippen molar-refractivity contribution in [3.8, 4) is 0 Å². The third-order valence-electron chi connectivity index (χ3n) is 6.77. The van der Waals surface area contributed by atoms with E-state index >= 15 is 0 Å². The Labute approximate surface area is 177 Å². The fourth-order valence-electron chi connectivity index (χ4n) is 4.90. The predicted molar refractivity (Wildman–Crippen MR) is 119 cm³/mol. The number of aldehydes is 1. The average Bonchev–Trinajstić information content (AvgIpc) is 3.39. The molecule has 5 rings (SSSR count). The summed E-state index contributed by atoms with van der Waals surface area (Å²) in [5.74, 6) is 0.761. The van der Waals surface area contributed by atoms with E-state index < -0.39 is 0 Å². The zero-order valence-corrected chi connectivity index (χ0v) is 17.3. The first-order chi connectivity index (χ1) is 14.8. The quantitative estimate of drug-likeness (QED) is 0.598. The second kappa shape index (κ2) is 8.60. The van der Waals surface area contributed by atoms with Crippen molar-refractivity contribution in [3.05, 3.63) is 59.3 Å². The summed E-state index contributed by atoms with van der Waals surface area (Å²) in [6.45, 7) is 3.55.